The van der Waals surface area contributed by atoms with E-state index >= 15 is 0 Å². The number of hydrogen-bond donors (Lipinski definition) is 1. The van der Waals surface area contributed by atoms with Gasteiger partial charge >= 0.3 is 0 Å². The molecule has 0 saturated heterocycles. The van der Waals surface area contributed by atoms with Gasteiger partial charge < -0.3 is 9.88 Å². The van der Waals surface area contributed by atoms with Crippen LogP contribution in [0, 0.1) is 19.8 Å². The number of rotatable bonds is 8. The Labute approximate surface area is 239 Å². The number of hydrogen-bond acceptors (Lipinski definition) is 2. The van der Waals surface area contributed by atoms with Crippen LogP contribution in [-0.2, 0) is 24.2 Å². The Balaban J connectivity index is 1.28. The highest BCUT2D eigenvalue weighted by Crippen LogP contribution is 2.39. The van der Waals surface area contributed by atoms with Crippen LogP contribution >= 0.6 is 0 Å². The summed E-state index contributed by atoms with van der Waals surface area (Å²) in [4.78, 5) is 18.9. The summed E-state index contributed by atoms with van der Waals surface area (Å²) in [6.07, 6.45) is 10.4. The predicted octanol–water partition coefficient (Wildman–Crippen LogP) is 8.12. The first kappa shape index (κ1) is 26.8. The van der Waals surface area contributed by atoms with E-state index in [2.05, 4.69) is 85.3 Å². The molecule has 1 N–H and O–H groups in total. The average molecular weight is 534 g/mol. The van der Waals surface area contributed by atoms with Gasteiger partial charge in [-0.05, 0) is 98.6 Å². The van der Waals surface area contributed by atoms with Crippen molar-refractivity contribution in [3.05, 3.63) is 99.9 Å². The Morgan fingerprint density at radius 2 is 1.68 bits per heavy atom. The molecule has 4 heteroatoms. The van der Waals surface area contributed by atoms with Crippen molar-refractivity contribution < 1.29 is 4.79 Å². The molecule has 4 nitrogen and oxygen atoms in total. The van der Waals surface area contributed by atoms with Crippen molar-refractivity contribution in [3.63, 3.8) is 0 Å². The Hall–Kier alpha value is -3.40. The molecule has 1 amide bonds. The number of aryl methyl sites for hydroxylation is 3. The van der Waals surface area contributed by atoms with Gasteiger partial charge in [0.1, 0.15) is 5.65 Å². The zero-order chi connectivity index (χ0) is 27.6. The highest BCUT2D eigenvalue weighted by Gasteiger charge is 2.33. The highest BCUT2D eigenvalue weighted by atomic mass is 16.2. The van der Waals surface area contributed by atoms with E-state index in [4.69, 9.17) is 4.98 Å². The first-order valence-electron chi connectivity index (χ1n) is 15.5. The minimum atomic E-state index is -0.0959. The van der Waals surface area contributed by atoms with Crippen molar-refractivity contribution in [2.45, 2.75) is 97.1 Å². The molecule has 0 unspecified atom stereocenters. The van der Waals surface area contributed by atoms with Crippen LogP contribution in [0.4, 0.5) is 0 Å². The molecule has 1 fully saturated rings. The smallest absolute Gasteiger partial charge is 0.228 e. The fraction of sp³-hybridized carbons (Fsp3) is 0.444. The average Bonchev–Trinajstić information content (AvgIpc) is 3.60. The monoisotopic (exact) mass is 533 g/mol. The molecule has 2 aromatic heterocycles. The first-order chi connectivity index (χ1) is 19.5. The van der Waals surface area contributed by atoms with Crippen molar-refractivity contribution in [1.29, 1.82) is 0 Å². The minimum absolute atomic E-state index is 0.0458. The lowest BCUT2D eigenvalue weighted by Gasteiger charge is -2.27. The maximum atomic E-state index is 13.9. The van der Waals surface area contributed by atoms with Crippen molar-refractivity contribution >= 4 is 16.9 Å². The van der Waals surface area contributed by atoms with Gasteiger partial charge in [-0.1, -0.05) is 74.4 Å². The summed E-state index contributed by atoms with van der Waals surface area (Å²) in [6.45, 7) is 7.32. The lowest BCUT2D eigenvalue weighted by Crippen LogP contribution is -2.35. The summed E-state index contributed by atoms with van der Waals surface area (Å²) < 4.78 is 2.48. The van der Waals surface area contributed by atoms with Crippen molar-refractivity contribution in [3.8, 4) is 0 Å². The lowest BCUT2D eigenvalue weighted by atomic mass is 9.83. The molecule has 2 heterocycles. The maximum absolute atomic E-state index is 13.9. The molecule has 2 aromatic carbocycles. The summed E-state index contributed by atoms with van der Waals surface area (Å²) in [6, 6.07) is 21.6. The predicted molar refractivity (Wildman–Crippen MR) is 164 cm³/mol. The van der Waals surface area contributed by atoms with E-state index in [1.807, 2.05) is 6.07 Å². The fourth-order valence-corrected chi connectivity index (χ4v) is 7.45. The van der Waals surface area contributed by atoms with Crippen molar-refractivity contribution in [1.82, 2.24) is 14.9 Å². The number of carbonyl (C=O) groups excluding carboxylic acids is 1. The molecule has 1 saturated carbocycles. The van der Waals surface area contributed by atoms with Gasteiger partial charge in [-0.25, -0.2) is 4.98 Å². The number of nitrogens with one attached hydrogen (secondary N) is 1. The quantitative estimate of drug-likeness (QED) is 0.249. The second-order valence-corrected chi connectivity index (χ2v) is 12.1. The van der Waals surface area contributed by atoms with E-state index in [0.29, 0.717) is 5.92 Å². The number of benzene rings is 2. The molecule has 4 aromatic rings. The third kappa shape index (κ3) is 5.21. The van der Waals surface area contributed by atoms with Gasteiger partial charge in [0.05, 0.1) is 12.0 Å². The van der Waals surface area contributed by atoms with Crippen LogP contribution in [0.2, 0.25) is 0 Å². The topological polar surface area (TPSA) is 46.9 Å². The van der Waals surface area contributed by atoms with E-state index in [-0.39, 0.29) is 17.9 Å². The number of carbonyl (C=O) groups is 1. The summed E-state index contributed by atoms with van der Waals surface area (Å²) in [5.74, 6) is 0.493. The molecule has 0 spiro atoms. The van der Waals surface area contributed by atoms with Gasteiger partial charge in [0.2, 0.25) is 5.91 Å². The summed E-state index contributed by atoms with van der Waals surface area (Å²) in [7, 11) is 0. The van der Waals surface area contributed by atoms with Crippen LogP contribution in [0.3, 0.4) is 0 Å². The molecule has 208 valence electrons. The van der Waals surface area contributed by atoms with Crippen LogP contribution in [-0.4, -0.2) is 15.5 Å². The fourth-order valence-electron chi connectivity index (χ4n) is 7.45. The highest BCUT2D eigenvalue weighted by molar-refractivity contribution is 5.86. The third-order valence-corrected chi connectivity index (χ3v) is 9.41. The third-order valence-electron chi connectivity index (χ3n) is 9.41. The zero-order valence-corrected chi connectivity index (χ0v) is 24.4. The number of fused-ring (bicyclic) bond motifs is 3. The second kappa shape index (κ2) is 11.6. The Bertz CT molecular complexity index is 1480. The van der Waals surface area contributed by atoms with Gasteiger partial charge in [-0.2, -0.15) is 0 Å². The van der Waals surface area contributed by atoms with E-state index in [9.17, 15) is 4.79 Å². The van der Waals surface area contributed by atoms with Crippen LogP contribution in [0.1, 0.15) is 103 Å². The van der Waals surface area contributed by atoms with E-state index in [1.165, 1.54) is 59.0 Å². The molecule has 6 rings (SSSR count). The van der Waals surface area contributed by atoms with Crippen LogP contribution < -0.4 is 5.32 Å². The maximum Gasteiger partial charge on any atom is 0.228 e. The standard InChI is InChI=1S/C36H43N3O/c1-4-31(27-12-6-5-7-13-27)38-36(40)34(28-14-8-9-15-28)29-20-18-26(19-21-29)23-39-32-17-11-10-16-30(32)33-24(2)22-25(3)37-35(33)39/h5-7,12-13,18-22,28,31,34H,4,8-11,14-17,23H2,1-3H3,(H,38,40)/t31-,34+/m0/s1. The van der Waals surface area contributed by atoms with Crippen LogP contribution in [0.25, 0.3) is 11.0 Å². The molecular formula is C36H43N3O. The Morgan fingerprint density at radius 1 is 0.950 bits per heavy atom. The van der Waals surface area contributed by atoms with Crippen LogP contribution in [0.5, 0.6) is 0 Å². The molecular weight excluding hydrogens is 490 g/mol. The second-order valence-electron chi connectivity index (χ2n) is 12.1. The number of amides is 1. The molecule has 2 atom stereocenters. The van der Waals surface area contributed by atoms with Crippen molar-refractivity contribution in [2.24, 2.45) is 5.92 Å². The zero-order valence-electron chi connectivity index (χ0n) is 24.4. The normalized spacial score (nSPS) is 17.1. The van der Waals surface area contributed by atoms with Gasteiger partial charge in [0.15, 0.2) is 0 Å². The molecule has 2 aliphatic rings. The van der Waals surface area contributed by atoms with Crippen LogP contribution in [0.15, 0.2) is 60.7 Å². The van der Waals surface area contributed by atoms with Gasteiger partial charge in [0.25, 0.3) is 0 Å². The summed E-state index contributed by atoms with van der Waals surface area (Å²) >= 11 is 0. The van der Waals surface area contributed by atoms with Gasteiger partial charge in [-0.3, -0.25) is 4.79 Å². The number of pyridine rings is 1. The molecule has 0 aliphatic heterocycles. The van der Waals surface area contributed by atoms with E-state index in [0.717, 1.165) is 55.6 Å². The van der Waals surface area contributed by atoms with Gasteiger partial charge in [-0.15, -0.1) is 0 Å². The minimum Gasteiger partial charge on any atom is -0.349 e. The first-order valence-corrected chi connectivity index (χ1v) is 15.5. The summed E-state index contributed by atoms with van der Waals surface area (Å²) in [5.41, 5.74) is 10.2. The summed E-state index contributed by atoms with van der Waals surface area (Å²) in [5, 5.41) is 4.80. The Morgan fingerprint density at radius 3 is 2.40 bits per heavy atom. The lowest BCUT2D eigenvalue weighted by molar-refractivity contribution is -0.124. The number of nitrogens with zero attached hydrogens (tertiary/aromatic N) is 2. The number of aromatic nitrogens is 2. The van der Waals surface area contributed by atoms with Gasteiger partial charge in [0, 0.05) is 23.3 Å². The molecule has 0 bridgehead atoms. The molecule has 40 heavy (non-hydrogen) atoms. The SMILES string of the molecule is CC[C@H](NC(=O)[C@@H](c1ccc(Cn2c3c(c4c(C)cc(C)nc42)CCCC3)cc1)C1CCCC1)c1ccccc1. The van der Waals surface area contributed by atoms with Crippen molar-refractivity contribution in [2.75, 3.05) is 0 Å². The van der Waals surface area contributed by atoms with E-state index in [1.54, 1.807) is 0 Å². The molecule has 2 aliphatic carbocycles. The largest absolute Gasteiger partial charge is 0.349 e. The molecule has 0 radical (unpaired) electrons. The van der Waals surface area contributed by atoms with E-state index < -0.39 is 0 Å². The Kier molecular flexibility index (Phi) is 7.78.